The number of fused-ring (bicyclic) bond motifs is 5. The Morgan fingerprint density at radius 3 is 2.45 bits per heavy atom. The lowest BCUT2D eigenvalue weighted by molar-refractivity contribution is -0.118. The predicted molar refractivity (Wildman–Crippen MR) is 119 cm³/mol. The highest BCUT2D eigenvalue weighted by Gasteiger charge is 2.63. The van der Waals surface area contributed by atoms with E-state index in [9.17, 15) is 9.90 Å². The molecule has 0 aromatic heterocycles. The van der Waals surface area contributed by atoms with Crippen molar-refractivity contribution in [3.63, 3.8) is 0 Å². The van der Waals surface area contributed by atoms with E-state index in [1.165, 1.54) is 18.4 Å². The van der Waals surface area contributed by atoms with Gasteiger partial charge < -0.3 is 9.90 Å². The maximum Gasteiger partial charge on any atom is 0.130 e. The molecule has 162 valence electrons. The molecule has 0 unspecified atom stereocenters. The fourth-order valence-electron chi connectivity index (χ4n) is 8.58. The largest absolute Gasteiger partial charge is 0.393 e. The van der Waals surface area contributed by atoms with Gasteiger partial charge in [-0.15, -0.1) is 0 Å². The molecular weight excluding hydrogens is 356 g/mol. The van der Waals surface area contributed by atoms with Gasteiger partial charge in [-0.1, -0.05) is 64.8 Å². The zero-order valence-corrected chi connectivity index (χ0v) is 19.8. The summed E-state index contributed by atoms with van der Waals surface area (Å²) in [5.74, 6) is 1.86. The Morgan fingerprint density at radius 1 is 1.10 bits per heavy atom. The van der Waals surface area contributed by atoms with E-state index >= 15 is 0 Å². The summed E-state index contributed by atoms with van der Waals surface area (Å²) in [7, 11) is 0. The third-order valence-electron chi connectivity index (χ3n) is 10.5. The number of hydrogen-bond donors (Lipinski definition) is 1. The van der Waals surface area contributed by atoms with Crippen LogP contribution in [0.3, 0.4) is 0 Å². The molecule has 0 bridgehead atoms. The first kappa shape index (κ1) is 21.3. The van der Waals surface area contributed by atoms with Crippen LogP contribution in [0.15, 0.2) is 23.3 Å². The molecule has 2 fully saturated rings. The van der Waals surface area contributed by atoms with E-state index in [2.05, 4.69) is 53.7 Å². The smallest absolute Gasteiger partial charge is 0.130 e. The van der Waals surface area contributed by atoms with Crippen molar-refractivity contribution < 1.29 is 9.90 Å². The van der Waals surface area contributed by atoms with Crippen molar-refractivity contribution in [1.29, 1.82) is 0 Å². The minimum absolute atomic E-state index is 0.00441. The molecular formula is C27H42O2. The van der Waals surface area contributed by atoms with Crippen molar-refractivity contribution in [2.45, 2.75) is 99.5 Å². The lowest BCUT2D eigenvalue weighted by Gasteiger charge is -2.64. The molecule has 1 N–H and O–H groups in total. The Kier molecular flexibility index (Phi) is 4.82. The van der Waals surface area contributed by atoms with Crippen LogP contribution in [-0.2, 0) is 4.79 Å². The molecule has 0 spiro atoms. The van der Waals surface area contributed by atoms with Gasteiger partial charge in [0.25, 0.3) is 0 Å². The van der Waals surface area contributed by atoms with E-state index < -0.39 is 0 Å². The van der Waals surface area contributed by atoms with Crippen molar-refractivity contribution in [2.75, 3.05) is 0 Å². The van der Waals surface area contributed by atoms with Gasteiger partial charge in [0.15, 0.2) is 0 Å². The zero-order chi connectivity index (χ0) is 21.4. The second-order valence-electron chi connectivity index (χ2n) is 12.3. The van der Waals surface area contributed by atoms with Crippen LogP contribution < -0.4 is 0 Å². The Morgan fingerprint density at radius 2 is 1.79 bits per heavy atom. The number of allylic oxidation sites excluding steroid dienone is 4. The maximum absolute atomic E-state index is 11.8. The monoisotopic (exact) mass is 398 g/mol. The second kappa shape index (κ2) is 6.55. The molecule has 4 aliphatic rings. The van der Waals surface area contributed by atoms with Crippen LogP contribution >= 0.6 is 0 Å². The maximum atomic E-state index is 11.8. The lowest BCUT2D eigenvalue weighted by Crippen LogP contribution is -2.57. The normalized spacial score (nSPS) is 46.7. The van der Waals surface area contributed by atoms with E-state index in [-0.39, 0.29) is 27.8 Å². The van der Waals surface area contributed by atoms with E-state index in [1.807, 2.05) is 0 Å². The van der Waals surface area contributed by atoms with Crippen LogP contribution in [0.4, 0.5) is 0 Å². The quantitative estimate of drug-likeness (QED) is 0.552. The number of rotatable bonds is 3. The van der Waals surface area contributed by atoms with Gasteiger partial charge in [0.2, 0.25) is 0 Å². The van der Waals surface area contributed by atoms with Crippen molar-refractivity contribution in [2.24, 2.45) is 39.4 Å². The fourth-order valence-corrected chi connectivity index (χ4v) is 8.58. The zero-order valence-electron chi connectivity index (χ0n) is 19.8. The van der Waals surface area contributed by atoms with Crippen molar-refractivity contribution in [3.8, 4) is 0 Å². The Balaban J connectivity index is 1.71. The summed E-state index contributed by atoms with van der Waals surface area (Å²) in [6.45, 7) is 16.1. The van der Waals surface area contributed by atoms with E-state index in [4.69, 9.17) is 0 Å². The molecule has 0 heterocycles. The van der Waals surface area contributed by atoms with Gasteiger partial charge >= 0.3 is 0 Å². The van der Waals surface area contributed by atoms with Gasteiger partial charge in [-0.25, -0.2) is 0 Å². The topological polar surface area (TPSA) is 37.3 Å². The van der Waals surface area contributed by atoms with Crippen LogP contribution in [0.2, 0.25) is 0 Å². The fraction of sp³-hybridized carbons (Fsp3) is 0.815. The summed E-state index contributed by atoms with van der Waals surface area (Å²) in [6, 6.07) is 0. The molecule has 4 aliphatic carbocycles. The minimum Gasteiger partial charge on any atom is -0.393 e. The molecule has 7 atom stereocenters. The summed E-state index contributed by atoms with van der Waals surface area (Å²) >= 11 is 0. The molecule has 0 aliphatic heterocycles. The third kappa shape index (κ3) is 2.73. The number of carbonyl (C=O) groups is 1. The number of carbonyl (C=O) groups excluding carboxylic acids is 1. The standard InChI is InChI=1S/C27H42O2/c1-17(16-18(2)28)19-10-14-27(7)21-8-9-22-24(3,4)23(29)12-13-25(22,5)20(21)11-15-26(19,27)6/h10-11,17,21-23,29H,8-9,12-16H2,1-7H3/t17-,21-,22-,23-,25-,26-,27+/m1/s1. The van der Waals surface area contributed by atoms with Gasteiger partial charge in [0, 0.05) is 6.42 Å². The van der Waals surface area contributed by atoms with Crippen LogP contribution in [0, 0.1) is 39.4 Å². The SMILES string of the molecule is CC(=O)C[C@@H](C)C1=CC[C@@]2(C)[C@@H]3CC[C@@H]4C(C)(C)[C@H](O)CC[C@]4(C)C3=CC[C@]12C. The first-order valence-electron chi connectivity index (χ1n) is 12.0. The van der Waals surface area contributed by atoms with Crippen LogP contribution in [-0.4, -0.2) is 17.0 Å². The number of hydrogen-bond acceptors (Lipinski definition) is 2. The second-order valence-corrected chi connectivity index (χ2v) is 12.3. The molecule has 0 amide bonds. The van der Waals surface area contributed by atoms with Crippen LogP contribution in [0.5, 0.6) is 0 Å². The van der Waals surface area contributed by atoms with Crippen LogP contribution in [0.25, 0.3) is 0 Å². The summed E-state index contributed by atoms with van der Waals surface area (Å²) in [6.07, 6.45) is 12.4. The van der Waals surface area contributed by atoms with Gasteiger partial charge in [0.1, 0.15) is 5.78 Å². The van der Waals surface area contributed by atoms with E-state index in [0.717, 1.165) is 25.7 Å². The molecule has 29 heavy (non-hydrogen) atoms. The molecule has 2 heteroatoms. The van der Waals surface area contributed by atoms with Crippen LogP contribution in [0.1, 0.15) is 93.4 Å². The molecule has 2 nitrogen and oxygen atoms in total. The number of ketones is 1. The highest BCUT2D eigenvalue weighted by atomic mass is 16.3. The first-order valence-corrected chi connectivity index (χ1v) is 12.0. The predicted octanol–water partition coefficient (Wildman–Crippen LogP) is 6.49. The van der Waals surface area contributed by atoms with E-state index in [0.29, 0.717) is 30.0 Å². The summed E-state index contributed by atoms with van der Waals surface area (Å²) < 4.78 is 0. The molecule has 0 radical (unpaired) electrons. The van der Waals surface area contributed by atoms with Crippen molar-refractivity contribution in [1.82, 2.24) is 0 Å². The Bertz CT molecular complexity index is 773. The summed E-state index contributed by atoms with van der Waals surface area (Å²) in [5.41, 5.74) is 3.90. The van der Waals surface area contributed by atoms with E-state index in [1.54, 1.807) is 12.5 Å². The minimum atomic E-state index is -0.172. The van der Waals surface area contributed by atoms with Gasteiger partial charge in [-0.05, 0) is 84.9 Å². The summed E-state index contributed by atoms with van der Waals surface area (Å²) in [4.78, 5) is 11.8. The van der Waals surface area contributed by atoms with Gasteiger partial charge in [0.05, 0.1) is 6.10 Å². The Labute approximate surface area is 178 Å². The Hall–Kier alpha value is -0.890. The average molecular weight is 399 g/mol. The molecule has 0 aromatic rings. The highest BCUT2D eigenvalue weighted by molar-refractivity contribution is 5.76. The molecule has 0 saturated heterocycles. The summed E-state index contributed by atoms with van der Waals surface area (Å²) in [5, 5.41) is 10.7. The lowest BCUT2D eigenvalue weighted by atomic mass is 9.41. The molecule has 0 aromatic carbocycles. The van der Waals surface area contributed by atoms with Crippen molar-refractivity contribution >= 4 is 5.78 Å². The number of aliphatic hydroxyl groups excluding tert-OH is 1. The first-order chi connectivity index (χ1) is 13.4. The third-order valence-corrected chi connectivity index (χ3v) is 10.5. The van der Waals surface area contributed by atoms with Gasteiger partial charge in [-0.2, -0.15) is 0 Å². The molecule has 4 rings (SSSR count). The molecule has 2 saturated carbocycles. The highest BCUT2D eigenvalue weighted by Crippen LogP contribution is 2.71. The van der Waals surface area contributed by atoms with Gasteiger partial charge in [-0.3, -0.25) is 0 Å². The number of Topliss-reactive ketones (excluding diaryl/α,β-unsaturated/α-hetero) is 1. The average Bonchev–Trinajstić information content (AvgIpc) is 2.90. The van der Waals surface area contributed by atoms with Crippen molar-refractivity contribution in [3.05, 3.63) is 23.3 Å². The number of aliphatic hydroxyl groups is 1.